The second-order valence-corrected chi connectivity index (χ2v) is 8.32. The summed E-state index contributed by atoms with van der Waals surface area (Å²) in [6, 6.07) is 16.5. The van der Waals surface area contributed by atoms with Gasteiger partial charge in [-0.05, 0) is 26.0 Å². The van der Waals surface area contributed by atoms with E-state index in [0.29, 0.717) is 12.4 Å². The molecule has 140 valence electrons. The summed E-state index contributed by atoms with van der Waals surface area (Å²) in [6.07, 6.45) is 3.79. The monoisotopic (exact) mass is 372 g/mol. The first-order chi connectivity index (χ1) is 13.5. The number of ether oxygens (including phenoxy) is 2. The summed E-state index contributed by atoms with van der Waals surface area (Å²) >= 11 is 0. The van der Waals surface area contributed by atoms with E-state index < -0.39 is 11.4 Å². The Balaban J connectivity index is 1.61. The average Bonchev–Trinajstić information content (AvgIpc) is 2.67. The van der Waals surface area contributed by atoms with Crippen molar-refractivity contribution in [2.45, 2.75) is 50.2 Å². The molecule has 6 heteroatoms. The fraction of sp³-hybridized carbons (Fsp3) is 0.364. The third-order valence-electron chi connectivity index (χ3n) is 6.37. The first kappa shape index (κ1) is 15.8. The molecule has 0 unspecified atom stereocenters. The molecule has 4 bridgehead atoms. The highest BCUT2D eigenvalue weighted by Gasteiger charge is 2.58. The van der Waals surface area contributed by atoms with E-state index in [1.54, 1.807) is 4.90 Å². The number of hydrogen-bond donors (Lipinski definition) is 0. The van der Waals surface area contributed by atoms with Crippen LogP contribution in [0.1, 0.15) is 49.9 Å². The molecule has 2 aromatic rings. The molecule has 28 heavy (non-hydrogen) atoms. The number of nitriles is 1. The molecule has 0 amide bonds. The molecule has 0 N–H and O–H groups in total. The fourth-order valence-corrected chi connectivity index (χ4v) is 5.19. The van der Waals surface area contributed by atoms with Crippen LogP contribution in [0.2, 0.25) is 0 Å². The van der Waals surface area contributed by atoms with Crippen LogP contribution in [0.5, 0.6) is 11.5 Å². The van der Waals surface area contributed by atoms with Crippen LogP contribution in [0.15, 0.2) is 53.5 Å². The van der Waals surface area contributed by atoms with E-state index in [0.717, 1.165) is 29.0 Å². The SMILES string of the molecule is C[C@@]12C[C@@H](c3ccccc3O1)N1C(=N2)N(C#N)[C@@]2(C)C[C@H]1c1ccccc1O2. The predicted octanol–water partition coefficient (Wildman–Crippen LogP) is 3.93. The summed E-state index contributed by atoms with van der Waals surface area (Å²) in [6.45, 7) is 3.97. The number of rotatable bonds is 0. The molecule has 0 saturated carbocycles. The molecule has 2 aromatic carbocycles. The highest BCUT2D eigenvalue weighted by molar-refractivity contribution is 5.86. The van der Waals surface area contributed by atoms with Crippen molar-refractivity contribution in [3.05, 3.63) is 59.7 Å². The molecule has 4 aliphatic heterocycles. The van der Waals surface area contributed by atoms with E-state index >= 15 is 0 Å². The van der Waals surface area contributed by atoms with Crippen LogP contribution in [0, 0.1) is 11.5 Å². The minimum atomic E-state index is -0.759. The van der Waals surface area contributed by atoms with Gasteiger partial charge in [0.05, 0.1) is 12.1 Å². The summed E-state index contributed by atoms with van der Waals surface area (Å²) in [5.41, 5.74) is 0.849. The number of fused-ring (bicyclic) bond motifs is 11. The summed E-state index contributed by atoms with van der Waals surface area (Å²) in [4.78, 5) is 8.89. The van der Waals surface area contributed by atoms with Gasteiger partial charge in [-0.3, -0.25) is 0 Å². The van der Waals surface area contributed by atoms with E-state index in [1.165, 1.54) is 0 Å². The van der Waals surface area contributed by atoms with Crippen molar-refractivity contribution in [1.82, 2.24) is 9.80 Å². The number of guanidine groups is 1. The Hall–Kier alpha value is -3.20. The molecule has 0 aliphatic carbocycles. The Labute approximate surface area is 163 Å². The number of benzene rings is 2. The van der Waals surface area contributed by atoms with Gasteiger partial charge in [0.1, 0.15) is 11.5 Å². The van der Waals surface area contributed by atoms with Crippen LogP contribution in [0.4, 0.5) is 0 Å². The lowest BCUT2D eigenvalue weighted by molar-refractivity contribution is -0.0978. The van der Waals surface area contributed by atoms with Crippen molar-refractivity contribution in [3.63, 3.8) is 0 Å². The molecule has 4 atom stereocenters. The smallest absolute Gasteiger partial charge is 0.218 e. The predicted molar refractivity (Wildman–Crippen MR) is 102 cm³/mol. The lowest BCUT2D eigenvalue weighted by Gasteiger charge is -2.59. The van der Waals surface area contributed by atoms with Crippen LogP contribution in [-0.4, -0.2) is 27.2 Å². The Morgan fingerprint density at radius 3 is 2.25 bits per heavy atom. The molecular weight excluding hydrogens is 352 g/mol. The third-order valence-corrected chi connectivity index (χ3v) is 6.37. The second kappa shape index (κ2) is 4.99. The highest BCUT2D eigenvalue weighted by Crippen LogP contribution is 2.56. The van der Waals surface area contributed by atoms with E-state index in [9.17, 15) is 5.26 Å². The van der Waals surface area contributed by atoms with Crippen LogP contribution < -0.4 is 9.47 Å². The van der Waals surface area contributed by atoms with Gasteiger partial charge in [-0.2, -0.15) is 5.26 Å². The standard InChI is InChI=1S/C22H20N4O2/c1-21-11-16(14-7-3-5-9-18(14)27-21)26-17-12-22(2,25(13-23)20(26)24-21)28-19-10-6-4-8-15(17)19/h3-10,16-17H,11-12H2,1-2H3/t16-,17-,21-,22+/m0/s1. The van der Waals surface area contributed by atoms with Gasteiger partial charge in [0.15, 0.2) is 11.9 Å². The zero-order chi connectivity index (χ0) is 19.1. The normalized spacial score (nSPS) is 34.0. The number of aliphatic imine (C=N–C) groups is 1. The maximum Gasteiger partial charge on any atom is 0.218 e. The van der Waals surface area contributed by atoms with Gasteiger partial charge in [-0.1, -0.05) is 36.4 Å². The highest BCUT2D eigenvalue weighted by atomic mass is 16.5. The minimum Gasteiger partial charge on any atom is -0.467 e. The topological polar surface area (TPSA) is 61.1 Å². The van der Waals surface area contributed by atoms with Gasteiger partial charge in [-0.15, -0.1) is 0 Å². The quantitative estimate of drug-likeness (QED) is 0.656. The zero-order valence-electron chi connectivity index (χ0n) is 15.8. The Morgan fingerprint density at radius 1 is 0.964 bits per heavy atom. The largest absolute Gasteiger partial charge is 0.467 e. The first-order valence-electron chi connectivity index (χ1n) is 9.65. The van der Waals surface area contributed by atoms with E-state index in [2.05, 4.69) is 23.2 Å². The van der Waals surface area contributed by atoms with Gasteiger partial charge in [0.25, 0.3) is 0 Å². The molecule has 6 nitrogen and oxygen atoms in total. The van der Waals surface area contributed by atoms with Crippen LogP contribution in [0.25, 0.3) is 0 Å². The zero-order valence-corrected chi connectivity index (χ0v) is 15.8. The van der Waals surface area contributed by atoms with E-state index in [1.807, 2.05) is 50.2 Å². The van der Waals surface area contributed by atoms with Crippen molar-refractivity contribution in [1.29, 1.82) is 5.26 Å². The van der Waals surface area contributed by atoms with Gasteiger partial charge >= 0.3 is 0 Å². The molecule has 0 radical (unpaired) electrons. The van der Waals surface area contributed by atoms with Crippen LogP contribution in [0.3, 0.4) is 0 Å². The van der Waals surface area contributed by atoms with Crippen molar-refractivity contribution in [2.75, 3.05) is 0 Å². The Bertz CT molecular complexity index is 1080. The lowest BCUT2D eigenvalue weighted by Crippen LogP contribution is -2.67. The maximum atomic E-state index is 10.0. The molecular formula is C22H20N4O2. The molecule has 0 aromatic heterocycles. The van der Waals surface area contributed by atoms with Gasteiger partial charge < -0.3 is 14.4 Å². The van der Waals surface area contributed by atoms with Crippen LogP contribution >= 0.6 is 0 Å². The van der Waals surface area contributed by atoms with Crippen molar-refractivity contribution in [2.24, 2.45) is 4.99 Å². The van der Waals surface area contributed by atoms with Crippen molar-refractivity contribution in [3.8, 4) is 17.7 Å². The summed E-state index contributed by atoms with van der Waals surface area (Å²) in [7, 11) is 0. The van der Waals surface area contributed by atoms with Crippen molar-refractivity contribution >= 4 is 5.96 Å². The number of nitrogens with zero attached hydrogens (tertiary/aromatic N) is 4. The van der Waals surface area contributed by atoms with Gasteiger partial charge in [0.2, 0.25) is 11.7 Å². The number of hydrogen-bond acceptors (Lipinski definition) is 6. The van der Waals surface area contributed by atoms with Crippen molar-refractivity contribution < 1.29 is 9.47 Å². The van der Waals surface area contributed by atoms with Crippen LogP contribution in [-0.2, 0) is 0 Å². The first-order valence-corrected chi connectivity index (χ1v) is 9.65. The fourth-order valence-electron chi connectivity index (χ4n) is 5.19. The lowest BCUT2D eigenvalue weighted by atomic mass is 9.83. The third kappa shape index (κ3) is 1.89. The molecule has 0 spiro atoms. The van der Waals surface area contributed by atoms with Gasteiger partial charge in [0, 0.05) is 24.0 Å². The Kier molecular flexibility index (Phi) is 2.82. The summed E-state index contributed by atoms with van der Waals surface area (Å²) in [5.74, 6) is 2.36. The molecule has 1 saturated heterocycles. The number of para-hydroxylation sites is 2. The molecule has 4 heterocycles. The summed E-state index contributed by atoms with van der Waals surface area (Å²) < 4.78 is 12.6. The van der Waals surface area contributed by atoms with Gasteiger partial charge in [-0.25, -0.2) is 9.89 Å². The average molecular weight is 372 g/mol. The second-order valence-electron chi connectivity index (χ2n) is 8.32. The Morgan fingerprint density at radius 2 is 1.57 bits per heavy atom. The molecule has 6 rings (SSSR count). The maximum absolute atomic E-state index is 10.0. The summed E-state index contributed by atoms with van der Waals surface area (Å²) in [5, 5.41) is 10.0. The van der Waals surface area contributed by atoms with E-state index in [4.69, 9.17) is 14.5 Å². The van der Waals surface area contributed by atoms with E-state index in [-0.39, 0.29) is 12.1 Å². The molecule has 4 aliphatic rings. The minimum absolute atomic E-state index is 0.0963. The molecule has 1 fully saturated rings.